The van der Waals surface area contributed by atoms with Gasteiger partial charge in [-0.3, -0.25) is 10.1 Å². The Hall–Kier alpha value is -1.48. The molecule has 9 heteroatoms. The lowest BCUT2D eigenvalue weighted by Gasteiger charge is -2.09. The third-order valence-electron chi connectivity index (χ3n) is 3.00. The van der Waals surface area contributed by atoms with Gasteiger partial charge in [0.05, 0.1) is 21.7 Å². The van der Waals surface area contributed by atoms with Gasteiger partial charge in [-0.2, -0.15) is 0 Å². The molecule has 1 aromatic carbocycles. The van der Waals surface area contributed by atoms with Crippen LogP contribution in [0.15, 0.2) is 29.2 Å². The summed E-state index contributed by atoms with van der Waals surface area (Å²) >= 11 is 0. The Morgan fingerprint density at radius 2 is 1.89 bits per heavy atom. The van der Waals surface area contributed by atoms with Crippen LogP contribution in [0.3, 0.4) is 0 Å². The van der Waals surface area contributed by atoms with E-state index in [9.17, 15) is 26.9 Å². The van der Waals surface area contributed by atoms with E-state index in [1.807, 2.05) is 0 Å². The normalized spacial score (nSPS) is 22.2. The Balaban J connectivity index is 2.50. The molecule has 2 rings (SSSR count). The van der Waals surface area contributed by atoms with Crippen molar-refractivity contribution in [3.8, 4) is 0 Å². The minimum atomic E-state index is -4.01. The van der Waals surface area contributed by atoms with Crippen molar-refractivity contribution < 1.29 is 21.8 Å². The zero-order valence-corrected chi connectivity index (χ0v) is 11.4. The summed E-state index contributed by atoms with van der Waals surface area (Å²) in [7, 11) is -7.37. The van der Waals surface area contributed by atoms with Gasteiger partial charge in [-0.05, 0) is 12.5 Å². The molecule has 7 nitrogen and oxygen atoms in total. The third-order valence-corrected chi connectivity index (χ3v) is 7.22. The third kappa shape index (κ3) is 2.61. The highest BCUT2D eigenvalue weighted by Gasteiger charge is 2.40. The van der Waals surface area contributed by atoms with Crippen LogP contribution in [0.4, 0.5) is 5.69 Å². The van der Waals surface area contributed by atoms with Crippen LogP contribution in [-0.2, 0) is 19.7 Å². The molecule has 1 atom stereocenters. The van der Waals surface area contributed by atoms with Crippen LogP contribution in [0.25, 0.3) is 0 Å². The largest absolute Gasteiger partial charge is 0.287 e. The predicted octanol–water partition coefficient (Wildman–Crippen LogP) is 0.556. The fourth-order valence-corrected chi connectivity index (χ4v) is 6.55. The minimum absolute atomic E-state index is 0.0171. The maximum Gasteiger partial charge on any atom is 0.287 e. The molecule has 1 heterocycles. The smallest absolute Gasteiger partial charge is 0.258 e. The van der Waals surface area contributed by atoms with Gasteiger partial charge in [-0.1, -0.05) is 12.1 Å². The van der Waals surface area contributed by atoms with Gasteiger partial charge in [0.2, 0.25) is 0 Å². The van der Waals surface area contributed by atoms with Crippen molar-refractivity contribution in [1.82, 2.24) is 0 Å². The molecule has 1 unspecified atom stereocenters. The highest BCUT2D eigenvalue weighted by Crippen LogP contribution is 2.30. The Morgan fingerprint density at radius 3 is 2.42 bits per heavy atom. The zero-order valence-electron chi connectivity index (χ0n) is 9.72. The SMILES string of the molecule is O=[N+]([O-])c1ccccc1S(=O)(=O)C1CCS(=O)(=O)C1. The molecule has 1 fully saturated rings. The summed E-state index contributed by atoms with van der Waals surface area (Å²) in [6.07, 6.45) is -0.0171. The Kier molecular flexibility index (Phi) is 3.35. The fraction of sp³-hybridized carbons (Fsp3) is 0.400. The Bertz CT molecular complexity index is 722. The molecule has 0 amide bonds. The number of hydrogen-bond acceptors (Lipinski definition) is 6. The number of sulfone groups is 2. The number of hydrogen-bond donors (Lipinski definition) is 0. The van der Waals surface area contributed by atoms with Gasteiger partial charge in [0.25, 0.3) is 5.69 Å². The first-order valence-corrected chi connectivity index (χ1v) is 8.78. The van der Waals surface area contributed by atoms with Gasteiger partial charge >= 0.3 is 0 Å². The Labute approximate surface area is 110 Å². The molecule has 1 aliphatic heterocycles. The molecule has 1 saturated heterocycles. The van der Waals surface area contributed by atoms with Gasteiger partial charge in [0, 0.05) is 6.07 Å². The van der Waals surface area contributed by atoms with E-state index in [1.54, 1.807) is 0 Å². The van der Waals surface area contributed by atoms with Crippen LogP contribution < -0.4 is 0 Å². The van der Waals surface area contributed by atoms with E-state index >= 15 is 0 Å². The van der Waals surface area contributed by atoms with Crippen LogP contribution in [-0.4, -0.2) is 38.5 Å². The second-order valence-corrected chi connectivity index (χ2v) is 8.72. The topological polar surface area (TPSA) is 111 Å². The van der Waals surface area contributed by atoms with E-state index in [-0.39, 0.29) is 12.2 Å². The molecule has 0 spiro atoms. The summed E-state index contributed by atoms with van der Waals surface area (Å²) in [4.78, 5) is 9.64. The van der Waals surface area contributed by atoms with Gasteiger partial charge < -0.3 is 0 Å². The molecule has 1 aromatic rings. The van der Waals surface area contributed by atoms with Crippen molar-refractivity contribution in [2.75, 3.05) is 11.5 Å². The molecular formula is C10H11NO6S2. The minimum Gasteiger partial charge on any atom is -0.258 e. The molecule has 1 aliphatic rings. The second-order valence-electron chi connectivity index (χ2n) is 4.29. The van der Waals surface area contributed by atoms with Gasteiger partial charge in [-0.15, -0.1) is 0 Å². The van der Waals surface area contributed by atoms with E-state index in [4.69, 9.17) is 0 Å². The lowest BCUT2D eigenvalue weighted by atomic mass is 10.3. The average molecular weight is 305 g/mol. The Morgan fingerprint density at radius 1 is 1.26 bits per heavy atom. The molecule has 0 bridgehead atoms. The number of rotatable bonds is 3. The summed E-state index contributed by atoms with van der Waals surface area (Å²) in [6, 6.07) is 4.97. The van der Waals surface area contributed by atoms with Crippen LogP contribution in [0.2, 0.25) is 0 Å². The van der Waals surface area contributed by atoms with E-state index < -0.39 is 46.2 Å². The first-order valence-electron chi connectivity index (χ1n) is 5.42. The van der Waals surface area contributed by atoms with Crippen molar-refractivity contribution in [2.24, 2.45) is 0 Å². The first kappa shape index (κ1) is 13.9. The molecule has 0 N–H and O–H groups in total. The molecule has 0 aromatic heterocycles. The highest BCUT2D eigenvalue weighted by molar-refractivity contribution is 7.96. The summed E-state index contributed by atoms with van der Waals surface area (Å²) < 4.78 is 47.2. The van der Waals surface area contributed by atoms with Crippen molar-refractivity contribution in [1.29, 1.82) is 0 Å². The summed E-state index contributed by atoms with van der Waals surface area (Å²) in [5.74, 6) is -0.668. The van der Waals surface area contributed by atoms with E-state index in [0.29, 0.717) is 0 Å². The van der Waals surface area contributed by atoms with Gasteiger partial charge in [-0.25, -0.2) is 16.8 Å². The maximum absolute atomic E-state index is 12.3. The van der Waals surface area contributed by atoms with Crippen LogP contribution in [0.5, 0.6) is 0 Å². The zero-order chi connectivity index (χ0) is 14.3. The standard InChI is InChI=1S/C10H11NO6S2/c12-11(13)9-3-1-2-4-10(9)19(16,17)8-5-6-18(14,15)7-8/h1-4,8H,5-7H2. The highest BCUT2D eigenvalue weighted by atomic mass is 32.2. The van der Waals surface area contributed by atoms with Crippen LogP contribution >= 0.6 is 0 Å². The van der Waals surface area contributed by atoms with Crippen LogP contribution in [0.1, 0.15) is 6.42 Å². The molecule has 0 aliphatic carbocycles. The van der Waals surface area contributed by atoms with Gasteiger partial charge in [0.15, 0.2) is 19.7 Å². The lowest BCUT2D eigenvalue weighted by Crippen LogP contribution is -2.23. The number of nitro groups is 1. The van der Waals surface area contributed by atoms with E-state index in [0.717, 1.165) is 12.1 Å². The summed E-state index contributed by atoms with van der Waals surface area (Å²) in [6.45, 7) is 0. The molecule has 19 heavy (non-hydrogen) atoms. The quantitative estimate of drug-likeness (QED) is 0.595. The van der Waals surface area contributed by atoms with Gasteiger partial charge in [0.1, 0.15) is 4.90 Å². The predicted molar refractivity (Wildman–Crippen MR) is 67.3 cm³/mol. The molecule has 0 saturated carbocycles. The van der Waals surface area contributed by atoms with E-state index in [1.165, 1.54) is 12.1 Å². The maximum atomic E-state index is 12.3. The number of para-hydroxylation sites is 1. The van der Waals surface area contributed by atoms with Crippen molar-refractivity contribution in [2.45, 2.75) is 16.6 Å². The number of nitrogens with zero attached hydrogens (tertiary/aromatic N) is 1. The molecular weight excluding hydrogens is 294 g/mol. The van der Waals surface area contributed by atoms with Crippen LogP contribution in [0, 0.1) is 10.1 Å². The lowest BCUT2D eigenvalue weighted by molar-refractivity contribution is -0.387. The molecule has 0 radical (unpaired) electrons. The monoisotopic (exact) mass is 305 g/mol. The number of nitro benzene ring substituents is 1. The summed E-state index contributed by atoms with van der Waals surface area (Å²) in [5.41, 5.74) is -0.521. The molecule has 104 valence electrons. The van der Waals surface area contributed by atoms with Crippen molar-refractivity contribution in [3.05, 3.63) is 34.4 Å². The fourth-order valence-electron chi connectivity index (χ4n) is 2.03. The first-order chi connectivity index (χ1) is 8.74. The number of benzene rings is 1. The second kappa shape index (κ2) is 4.57. The summed E-state index contributed by atoms with van der Waals surface area (Å²) in [5, 5.41) is 9.74. The average Bonchev–Trinajstić information content (AvgIpc) is 2.70. The van der Waals surface area contributed by atoms with Crippen molar-refractivity contribution in [3.63, 3.8) is 0 Å². The van der Waals surface area contributed by atoms with E-state index in [2.05, 4.69) is 0 Å². The van der Waals surface area contributed by atoms with Crippen molar-refractivity contribution >= 4 is 25.4 Å².